The molecule has 0 saturated carbocycles. The van der Waals surface area contributed by atoms with E-state index in [-0.39, 0.29) is 0 Å². The third kappa shape index (κ3) is 6.59. The summed E-state index contributed by atoms with van der Waals surface area (Å²) < 4.78 is 0. The molecule has 2 unspecified atom stereocenters. The standard InChI is InChI=1S/C54H39NS/c1-4-12-38(13-5-1)40-20-22-41(23-21-40)43-26-32-47(33-27-43)55(46-30-24-42(25-31-46)39-14-6-2-7-15-39)48-34-28-45(29-35-48)51-37-54-52(49-18-10-11-19-53(49)56-54)36-50(51)44-16-8-3-9-17-44/h1-37,49,53H. The third-order valence-electron chi connectivity index (χ3n) is 11.1. The minimum absolute atomic E-state index is 0.417. The summed E-state index contributed by atoms with van der Waals surface area (Å²) in [6.07, 6.45) is 9.10. The molecule has 0 radical (unpaired) electrons. The molecule has 1 nitrogen and oxygen atoms in total. The Hall–Kier alpha value is -6.61. The molecule has 2 heteroatoms. The van der Waals surface area contributed by atoms with Crippen LogP contribution in [-0.2, 0) is 0 Å². The molecule has 8 aromatic rings. The summed E-state index contributed by atoms with van der Waals surface area (Å²) in [5.74, 6) is 0.417. The summed E-state index contributed by atoms with van der Waals surface area (Å²) in [6, 6.07) is 72.8. The van der Waals surface area contributed by atoms with E-state index in [0.717, 1.165) is 17.1 Å². The summed E-state index contributed by atoms with van der Waals surface area (Å²) in [5, 5.41) is 0.457. The molecule has 0 bridgehead atoms. The van der Waals surface area contributed by atoms with Crippen molar-refractivity contribution < 1.29 is 0 Å². The molecule has 0 aromatic heterocycles. The van der Waals surface area contributed by atoms with E-state index in [1.165, 1.54) is 66.1 Å². The molecule has 0 saturated heterocycles. The molecule has 1 heterocycles. The molecule has 0 amide bonds. The van der Waals surface area contributed by atoms with E-state index in [4.69, 9.17) is 0 Å². The fourth-order valence-electron chi connectivity index (χ4n) is 8.14. The van der Waals surface area contributed by atoms with Gasteiger partial charge in [0.05, 0.1) is 0 Å². The average molecular weight is 734 g/mol. The number of benzene rings is 8. The van der Waals surface area contributed by atoms with Crippen LogP contribution in [0.15, 0.2) is 229 Å². The van der Waals surface area contributed by atoms with E-state index in [1.807, 2.05) is 11.8 Å². The summed E-state index contributed by atoms with van der Waals surface area (Å²) in [4.78, 5) is 3.74. The first kappa shape index (κ1) is 33.9. The van der Waals surface area contributed by atoms with Gasteiger partial charge in [-0.3, -0.25) is 0 Å². The summed E-state index contributed by atoms with van der Waals surface area (Å²) in [7, 11) is 0. The predicted molar refractivity (Wildman–Crippen MR) is 239 cm³/mol. The van der Waals surface area contributed by atoms with Crippen molar-refractivity contribution in [2.75, 3.05) is 4.90 Å². The van der Waals surface area contributed by atoms with Crippen molar-refractivity contribution in [2.24, 2.45) is 0 Å². The van der Waals surface area contributed by atoms with Gasteiger partial charge < -0.3 is 4.90 Å². The van der Waals surface area contributed by atoms with E-state index in [2.05, 4.69) is 229 Å². The van der Waals surface area contributed by atoms with Crippen LogP contribution >= 0.6 is 11.8 Å². The Morgan fingerprint density at radius 3 is 1.18 bits per heavy atom. The van der Waals surface area contributed by atoms with Crippen LogP contribution in [-0.4, -0.2) is 5.25 Å². The van der Waals surface area contributed by atoms with Gasteiger partial charge in [-0.1, -0.05) is 176 Å². The van der Waals surface area contributed by atoms with Crippen molar-refractivity contribution in [3.8, 4) is 55.6 Å². The second-order valence-electron chi connectivity index (χ2n) is 14.5. The highest BCUT2D eigenvalue weighted by molar-refractivity contribution is 8.00. The lowest BCUT2D eigenvalue weighted by Gasteiger charge is -2.26. The van der Waals surface area contributed by atoms with Crippen molar-refractivity contribution in [2.45, 2.75) is 16.1 Å². The second kappa shape index (κ2) is 14.9. The van der Waals surface area contributed by atoms with Crippen molar-refractivity contribution in [3.05, 3.63) is 230 Å². The van der Waals surface area contributed by atoms with E-state index < -0.39 is 0 Å². The van der Waals surface area contributed by atoms with Crippen molar-refractivity contribution in [3.63, 3.8) is 0 Å². The van der Waals surface area contributed by atoms with Crippen LogP contribution in [0.25, 0.3) is 55.6 Å². The number of hydrogen-bond donors (Lipinski definition) is 0. The molecule has 0 fully saturated rings. The molecule has 0 N–H and O–H groups in total. The maximum Gasteiger partial charge on any atom is 0.0462 e. The number of fused-ring (bicyclic) bond motifs is 3. The Balaban J connectivity index is 1.02. The average Bonchev–Trinajstić information content (AvgIpc) is 3.65. The maximum absolute atomic E-state index is 2.45. The first-order chi connectivity index (χ1) is 27.7. The van der Waals surface area contributed by atoms with Gasteiger partial charge >= 0.3 is 0 Å². The lowest BCUT2D eigenvalue weighted by molar-refractivity contribution is 0.881. The van der Waals surface area contributed by atoms with Gasteiger partial charge in [-0.15, -0.1) is 11.8 Å². The Labute approximate surface area is 334 Å². The number of hydrogen-bond acceptors (Lipinski definition) is 2. The molecule has 56 heavy (non-hydrogen) atoms. The van der Waals surface area contributed by atoms with Crippen molar-refractivity contribution >= 4 is 28.8 Å². The zero-order chi connectivity index (χ0) is 37.3. The minimum atomic E-state index is 0.417. The van der Waals surface area contributed by atoms with Crippen molar-refractivity contribution in [1.82, 2.24) is 0 Å². The van der Waals surface area contributed by atoms with Gasteiger partial charge in [0.2, 0.25) is 0 Å². The molecule has 2 aliphatic rings. The Kier molecular flexibility index (Phi) is 9.03. The molecule has 10 rings (SSSR count). The summed E-state index contributed by atoms with van der Waals surface area (Å²) in [5.41, 5.74) is 17.0. The van der Waals surface area contributed by atoms with Crippen LogP contribution in [0.3, 0.4) is 0 Å². The Bertz CT molecular complexity index is 2660. The zero-order valence-corrected chi connectivity index (χ0v) is 31.7. The van der Waals surface area contributed by atoms with Crippen molar-refractivity contribution in [1.29, 1.82) is 0 Å². The number of rotatable bonds is 8. The molecule has 1 aliphatic carbocycles. The molecular formula is C54H39NS. The molecule has 1 aliphatic heterocycles. The van der Waals surface area contributed by atoms with E-state index in [1.54, 1.807) is 0 Å². The molecule has 266 valence electrons. The smallest absolute Gasteiger partial charge is 0.0462 e. The molecule has 8 aromatic carbocycles. The second-order valence-corrected chi connectivity index (χ2v) is 15.7. The minimum Gasteiger partial charge on any atom is -0.311 e. The van der Waals surface area contributed by atoms with Gasteiger partial charge in [0.25, 0.3) is 0 Å². The highest BCUT2D eigenvalue weighted by Gasteiger charge is 2.32. The van der Waals surface area contributed by atoms with Gasteiger partial charge in [0.15, 0.2) is 0 Å². The first-order valence-corrected chi connectivity index (χ1v) is 20.2. The SMILES string of the molecule is C1=CC2Sc3cc(-c4ccc(N(c5ccc(-c6ccccc6)cc5)c5ccc(-c6ccc(-c7ccccc7)cc6)cc5)cc4)c(-c4ccccc4)cc3C2C=C1. The van der Waals surface area contributed by atoms with Gasteiger partial charge in [-0.05, 0) is 110 Å². The largest absolute Gasteiger partial charge is 0.311 e. The highest BCUT2D eigenvalue weighted by atomic mass is 32.2. The quantitative estimate of drug-likeness (QED) is 0.153. The van der Waals surface area contributed by atoms with E-state index in [0.29, 0.717) is 11.2 Å². The van der Waals surface area contributed by atoms with Gasteiger partial charge in [0, 0.05) is 33.1 Å². The fourth-order valence-corrected chi connectivity index (χ4v) is 9.50. The third-order valence-corrected chi connectivity index (χ3v) is 12.4. The normalized spacial score (nSPS) is 15.3. The van der Waals surface area contributed by atoms with Crippen LogP contribution in [0.1, 0.15) is 11.5 Å². The van der Waals surface area contributed by atoms with Gasteiger partial charge in [0.1, 0.15) is 0 Å². The molecular weight excluding hydrogens is 695 g/mol. The topological polar surface area (TPSA) is 3.24 Å². The lowest BCUT2D eigenvalue weighted by Crippen LogP contribution is -2.09. The fraction of sp³-hybridized carbons (Fsp3) is 0.0370. The number of nitrogens with zero attached hydrogens (tertiary/aromatic N) is 1. The molecule has 2 atom stereocenters. The number of anilines is 3. The van der Waals surface area contributed by atoms with Crippen LogP contribution in [0.4, 0.5) is 17.1 Å². The maximum atomic E-state index is 2.45. The van der Waals surface area contributed by atoms with Gasteiger partial charge in [-0.25, -0.2) is 0 Å². The Morgan fingerprint density at radius 1 is 0.339 bits per heavy atom. The number of allylic oxidation sites excluding steroid dienone is 3. The van der Waals surface area contributed by atoms with Crippen LogP contribution in [0.2, 0.25) is 0 Å². The van der Waals surface area contributed by atoms with Gasteiger partial charge in [-0.2, -0.15) is 0 Å². The van der Waals surface area contributed by atoms with E-state index >= 15 is 0 Å². The van der Waals surface area contributed by atoms with Crippen LogP contribution < -0.4 is 4.90 Å². The monoisotopic (exact) mass is 733 g/mol. The summed E-state index contributed by atoms with van der Waals surface area (Å²) in [6.45, 7) is 0. The highest BCUT2D eigenvalue weighted by Crippen LogP contribution is 2.51. The lowest BCUT2D eigenvalue weighted by atomic mass is 9.87. The first-order valence-electron chi connectivity index (χ1n) is 19.3. The van der Waals surface area contributed by atoms with E-state index in [9.17, 15) is 0 Å². The van der Waals surface area contributed by atoms with Crippen LogP contribution in [0, 0.1) is 0 Å². The predicted octanol–water partition coefficient (Wildman–Crippen LogP) is 15.2. The number of thioether (sulfide) groups is 1. The summed E-state index contributed by atoms with van der Waals surface area (Å²) >= 11 is 1.99. The molecule has 0 spiro atoms. The Morgan fingerprint density at radius 2 is 0.696 bits per heavy atom. The van der Waals surface area contributed by atoms with Crippen LogP contribution in [0.5, 0.6) is 0 Å². The zero-order valence-electron chi connectivity index (χ0n) is 30.9.